The number of nitrogen functional groups attached to an aromatic ring is 1. The number of nitrogens with zero attached hydrogens (tertiary/aromatic N) is 2. The maximum atomic E-state index is 12.2. The van der Waals surface area contributed by atoms with Crippen molar-refractivity contribution in [2.45, 2.75) is 52.1 Å². The second kappa shape index (κ2) is 5.42. The minimum absolute atomic E-state index is 0.105. The molecule has 1 aliphatic rings. The average Bonchev–Trinajstić information content (AvgIpc) is 2.97. The van der Waals surface area contributed by atoms with Crippen LogP contribution in [0.2, 0.25) is 0 Å². The highest BCUT2D eigenvalue weighted by molar-refractivity contribution is 5.97. The summed E-state index contributed by atoms with van der Waals surface area (Å²) >= 11 is 0. The van der Waals surface area contributed by atoms with Crippen LogP contribution in [0, 0.1) is 5.92 Å². The molecule has 0 aromatic carbocycles. The van der Waals surface area contributed by atoms with E-state index in [-0.39, 0.29) is 11.9 Å². The van der Waals surface area contributed by atoms with E-state index in [9.17, 15) is 4.79 Å². The molecule has 1 aliphatic carbocycles. The highest BCUT2D eigenvalue weighted by atomic mass is 16.2. The van der Waals surface area contributed by atoms with E-state index in [4.69, 9.17) is 5.73 Å². The van der Waals surface area contributed by atoms with E-state index in [1.807, 2.05) is 6.92 Å². The largest absolute Gasteiger partial charge is 0.396 e. The van der Waals surface area contributed by atoms with Crippen LogP contribution in [0.25, 0.3) is 0 Å². The number of hydrogen-bond donors (Lipinski definition) is 2. The first-order chi connectivity index (χ1) is 8.63. The van der Waals surface area contributed by atoms with E-state index in [0.717, 1.165) is 0 Å². The quantitative estimate of drug-likeness (QED) is 0.855. The Morgan fingerprint density at radius 3 is 2.89 bits per heavy atom. The minimum atomic E-state index is -0.105. The van der Waals surface area contributed by atoms with Crippen LogP contribution >= 0.6 is 0 Å². The number of carbonyl (C=O) groups excluding carboxylic acids is 1. The van der Waals surface area contributed by atoms with Gasteiger partial charge in [0, 0.05) is 12.6 Å². The highest BCUT2D eigenvalue weighted by Crippen LogP contribution is 2.27. The number of aryl methyl sites for hydroxylation is 1. The van der Waals surface area contributed by atoms with Gasteiger partial charge in [-0.05, 0) is 32.6 Å². The van der Waals surface area contributed by atoms with Crippen LogP contribution in [-0.2, 0) is 6.54 Å². The van der Waals surface area contributed by atoms with Crippen molar-refractivity contribution in [1.82, 2.24) is 15.1 Å². The van der Waals surface area contributed by atoms with Crippen LogP contribution in [0.4, 0.5) is 5.69 Å². The molecule has 5 heteroatoms. The number of carbonyl (C=O) groups is 1. The van der Waals surface area contributed by atoms with Crippen molar-refractivity contribution in [3.63, 3.8) is 0 Å². The fourth-order valence-electron chi connectivity index (χ4n) is 2.74. The smallest absolute Gasteiger partial charge is 0.271 e. The van der Waals surface area contributed by atoms with Gasteiger partial charge in [-0.1, -0.05) is 12.8 Å². The molecule has 0 radical (unpaired) electrons. The van der Waals surface area contributed by atoms with Crippen LogP contribution in [-0.4, -0.2) is 21.7 Å². The first kappa shape index (κ1) is 12.9. The van der Waals surface area contributed by atoms with Gasteiger partial charge < -0.3 is 11.1 Å². The van der Waals surface area contributed by atoms with E-state index < -0.39 is 0 Å². The molecule has 18 heavy (non-hydrogen) atoms. The van der Waals surface area contributed by atoms with Crippen molar-refractivity contribution in [2.75, 3.05) is 5.73 Å². The zero-order chi connectivity index (χ0) is 13.1. The summed E-state index contributed by atoms with van der Waals surface area (Å²) in [6.07, 6.45) is 6.52. The summed E-state index contributed by atoms with van der Waals surface area (Å²) in [6, 6.07) is 0.208. The number of amides is 1. The molecule has 1 saturated carbocycles. The molecule has 1 aromatic heterocycles. The molecule has 1 unspecified atom stereocenters. The minimum Gasteiger partial charge on any atom is -0.396 e. The number of anilines is 1. The number of hydrogen-bond acceptors (Lipinski definition) is 3. The lowest BCUT2D eigenvalue weighted by Crippen LogP contribution is -2.38. The maximum absolute atomic E-state index is 12.2. The zero-order valence-electron chi connectivity index (χ0n) is 11.1. The summed E-state index contributed by atoms with van der Waals surface area (Å²) in [4.78, 5) is 12.2. The zero-order valence-corrected chi connectivity index (χ0v) is 11.1. The Balaban J connectivity index is 2.04. The summed E-state index contributed by atoms with van der Waals surface area (Å²) < 4.78 is 1.64. The van der Waals surface area contributed by atoms with Crippen LogP contribution in [0.3, 0.4) is 0 Å². The van der Waals surface area contributed by atoms with Crippen molar-refractivity contribution >= 4 is 11.6 Å². The lowest BCUT2D eigenvalue weighted by atomic mass is 10.00. The van der Waals surface area contributed by atoms with E-state index in [2.05, 4.69) is 17.3 Å². The highest BCUT2D eigenvalue weighted by Gasteiger charge is 2.25. The van der Waals surface area contributed by atoms with Gasteiger partial charge >= 0.3 is 0 Å². The summed E-state index contributed by atoms with van der Waals surface area (Å²) in [5.74, 6) is 0.499. The number of aromatic nitrogens is 2. The first-order valence-electron chi connectivity index (χ1n) is 6.75. The van der Waals surface area contributed by atoms with E-state index >= 15 is 0 Å². The first-order valence-corrected chi connectivity index (χ1v) is 6.75. The third-order valence-electron chi connectivity index (χ3n) is 3.85. The third-order valence-corrected chi connectivity index (χ3v) is 3.85. The monoisotopic (exact) mass is 250 g/mol. The maximum Gasteiger partial charge on any atom is 0.271 e. The van der Waals surface area contributed by atoms with Gasteiger partial charge in [-0.2, -0.15) is 5.10 Å². The fraction of sp³-hybridized carbons (Fsp3) is 0.692. The van der Waals surface area contributed by atoms with Gasteiger partial charge in [0.15, 0.2) is 0 Å². The molecular formula is C13H22N4O. The molecule has 0 saturated heterocycles. The van der Waals surface area contributed by atoms with E-state index in [1.54, 1.807) is 10.9 Å². The van der Waals surface area contributed by atoms with Crippen LogP contribution in [0.1, 0.15) is 50.0 Å². The van der Waals surface area contributed by atoms with Crippen molar-refractivity contribution in [2.24, 2.45) is 5.92 Å². The topological polar surface area (TPSA) is 72.9 Å². The van der Waals surface area contributed by atoms with Crippen molar-refractivity contribution in [1.29, 1.82) is 0 Å². The third kappa shape index (κ3) is 2.49. The standard InChI is InChI=1S/C13H22N4O/c1-3-17-12(11(14)8-15-17)13(18)16-9(2)10-6-4-5-7-10/h8-10H,3-7,14H2,1-2H3,(H,16,18). The molecule has 1 atom stereocenters. The van der Waals surface area contributed by atoms with E-state index in [1.165, 1.54) is 25.7 Å². The molecule has 0 aliphatic heterocycles. The van der Waals surface area contributed by atoms with Gasteiger partial charge in [-0.25, -0.2) is 0 Å². The molecule has 1 fully saturated rings. The predicted octanol–water partition coefficient (Wildman–Crippen LogP) is 1.79. The average molecular weight is 250 g/mol. The summed E-state index contributed by atoms with van der Waals surface area (Å²) in [7, 11) is 0. The molecule has 1 aromatic rings. The normalized spacial score (nSPS) is 17.9. The molecule has 0 bridgehead atoms. The molecule has 100 valence electrons. The number of nitrogens with two attached hydrogens (primary N) is 1. The predicted molar refractivity (Wildman–Crippen MR) is 71.2 cm³/mol. The summed E-state index contributed by atoms with van der Waals surface area (Å²) in [6.45, 7) is 4.68. The number of nitrogens with one attached hydrogen (secondary N) is 1. The Bertz CT molecular complexity index is 421. The van der Waals surface area contributed by atoms with Crippen molar-refractivity contribution < 1.29 is 4.79 Å². The Hall–Kier alpha value is -1.52. The second-order valence-corrected chi connectivity index (χ2v) is 5.07. The van der Waals surface area contributed by atoms with Crippen molar-refractivity contribution in [3.05, 3.63) is 11.9 Å². The van der Waals surface area contributed by atoms with Gasteiger partial charge in [0.1, 0.15) is 5.69 Å². The molecule has 5 nitrogen and oxygen atoms in total. The Labute approximate surface area is 108 Å². The Morgan fingerprint density at radius 2 is 2.28 bits per heavy atom. The molecular weight excluding hydrogens is 228 g/mol. The second-order valence-electron chi connectivity index (χ2n) is 5.07. The van der Waals surface area contributed by atoms with Gasteiger partial charge in [0.05, 0.1) is 11.9 Å². The molecule has 2 rings (SSSR count). The van der Waals surface area contributed by atoms with Gasteiger partial charge in [-0.15, -0.1) is 0 Å². The lowest BCUT2D eigenvalue weighted by Gasteiger charge is -2.20. The lowest BCUT2D eigenvalue weighted by molar-refractivity contribution is 0.0917. The van der Waals surface area contributed by atoms with Crippen molar-refractivity contribution in [3.8, 4) is 0 Å². The van der Waals surface area contributed by atoms with Gasteiger partial charge in [0.2, 0.25) is 0 Å². The van der Waals surface area contributed by atoms with E-state index in [0.29, 0.717) is 23.8 Å². The van der Waals surface area contributed by atoms with Crippen LogP contribution < -0.4 is 11.1 Å². The van der Waals surface area contributed by atoms with Gasteiger partial charge in [0.25, 0.3) is 5.91 Å². The fourth-order valence-corrected chi connectivity index (χ4v) is 2.74. The molecule has 1 heterocycles. The van der Waals surface area contributed by atoms with Crippen LogP contribution in [0.15, 0.2) is 6.20 Å². The SMILES string of the molecule is CCn1ncc(N)c1C(=O)NC(C)C1CCCC1. The summed E-state index contributed by atoms with van der Waals surface area (Å²) in [5.41, 5.74) is 6.74. The molecule has 0 spiro atoms. The van der Waals surface area contributed by atoms with Crippen LogP contribution in [0.5, 0.6) is 0 Å². The Kier molecular flexibility index (Phi) is 3.89. The van der Waals surface area contributed by atoms with Gasteiger partial charge in [-0.3, -0.25) is 9.48 Å². The summed E-state index contributed by atoms with van der Waals surface area (Å²) in [5, 5.41) is 7.15. The Morgan fingerprint density at radius 1 is 1.61 bits per heavy atom. The number of rotatable bonds is 4. The molecule has 3 N–H and O–H groups in total. The molecule has 1 amide bonds.